The fourth-order valence-corrected chi connectivity index (χ4v) is 2.88. The molecule has 1 atom stereocenters. The Balaban J connectivity index is 1.87. The Hall–Kier alpha value is -1.16. The van der Waals surface area contributed by atoms with Crippen molar-refractivity contribution in [2.24, 2.45) is 5.73 Å². The Morgan fingerprint density at radius 1 is 1.22 bits per heavy atom. The summed E-state index contributed by atoms with van der Waals surface area (Å²) in [6.45, 7) is 4.70. The van der Waals surface area contributed by atoms with Crippen LogP contribution in [0.4, 0.5) is 0 Å². The Bertz CT molecular complexity index is 464. The number of nitrogens with one attached hydrogen (secondary N) is 1. The predicted molar refractivity (Wildman–Crippen MR) is 79.0 cm³/mol. The predicted octanol–water partition coefficient (Wildman–Crippen LogP) is 2.89. The lowest BCUT2D eigenvalue weighted by Crippen LogP contribution is -2.26. The van der Waals surface area contributed by atoms with E-state index < -0.39 is 0 Å². The molecule has 1 heterocycles. The third-order valence-corrected chi connectivity index (χ3v) is 4.22. The number of nitrogens with two attached hydrogens (primary N) is 1. The minimum Gasteiger partial charge on any atom is -0.330 e. The molecule has 1 aromatic heterocycles. The zero-order chi connectivity index (χ0) is 12.8. The van der Waals surface area contributed by atoms with E-state index in [9.17, 15) is 0 Å². The number of hydrogen-bond acceptors (Lipinski definition) is 3. The molecular weight excluding hydrogens is 240 g/mol. The van der Waals surface area contributed by atoms with E-state index in [-0.39, 0.29) is 0 Å². The first kappa shape index (κ1) is 13.3. The maximum Gasteiger partial charge on any atom is 0.0302 e. The molecule has 0 radical (unpaired) electrons. The van der Waals surface area contributed by atoms with E-state index in [1.54, 1.807) is 0 Å². The zero-order valence-electron chi connectivity index (χ0n) is 10.7. The summed E-state index contributed by atoms with van der Waals surface area (Å²) in [5.41, 5.74) is 8.54. The summed E-state index contributed by atoms with van der Waals surface area (Å²) in [5.74, 6) is 0.395. The molecule has 0 amide bonds. The van der Waals surface area contributed by atoms with Crippen LogP contribution >= 0.6 is 11.3 Å². The van der Waals surface area contributed by atoms with Crippen molar-refractivity contribution in [3.05, 3.63) is 57.8 Å². The van der Waals surface area contributed by atoms with Gasteiger partial charge in [0.25, 0.3) is 0 Å². The van der Waals surface area contributed by atoms with Crippen LogP contribution in [0.15, 0.2) is 41.8 Å². The van der Waals surface area contributed by atoms with Crippen molar-refractivity contribution in [2.45, 2.75) is 19.4 Å². The van der Waals surface area contributed by atoms with Crippen molar-refractivity contribution in [3.8, 4) is 0 Å². The quantitative estimate of drug-likeness (QED) is 0.838. The molecule has 0 saturated carbocycles. The highest BCUT2D eigenvalue weighted by molar-refractivity contribution is 7.10. The van der Waals surface area contributed by atoms with Gasteiger partial charge in [0.15, 0.2) is 0 Å². The summed E-state index contributed by atoms with van der Waals surface area (Å²) in [4.78, 5) is 1.42. The molecule has 0 aliphatic rings. The van der Waals surface area contributed by atoms with Crippen molar-refractivity contribution >= 4 is 11.3 Å². The number of aryl methyl sites for hydroxylation is 1. The van der Waals surface area contributed by atoms with Crippen LogP contribution in [-0.2, 0) is 6.54 Å². The van der Waals surface area contributed by atoms with Gasteiger partial charge in [0, 0.05) is 30.4 Å². The number of rotatable bonds is 6. The summed E-state index contributed by atoms with van der Waals surface area (Å²) < 4.78 is 0. The highest BCUT2D eigenvalue weighted by atomic mass is 32.1. The first-order chi connectivity index (χ1) is 8.81. The molecule has 0 saturated heterocycles. The standard InChI is InChI=1S/C15H20N2S/c1-12-7-8-18-15(12)11-17-10-14(9-16)13-5-3-2-4-6-13/h2-8,14,17H,9-11,16H2,1H3. The molecule has 96 valence electrons. The molecule has 3 heteroatoms. The minimum absolute atomic E-state index is 0.395. The summed E-state index contributed by atoms with van der Waals surface area (Å²) in [6.07, 6.45) is 0. The second-order valence-electron chi connectivity index (χ2n) is 4.50. The van der Waals surface area contributed by atoms with Gasteiger partial charge in [-0.3, -0.25) is 0 Å². The Morgan fingerprint density at radius 3 is 2.61 bits per heavy atom. The molecule has 0 fully saturated rings. The maximum atomic E-state index is 5.86. The monoisotopic (exact) mass is 260 g/mol. The number of benzene rings is 1. The van der Waals surface area contributed by atoms with Crippen molar-refractivity contribution in [1.29, 1.82) is 0 Å². The van der Waals surface area contributed by atoms with Gasteiger partial charge >= 0.3 is 0 Å². The molecular formula is C15H20N2S. The van der Waals surface area contributed by atoms with Gasteiger partial charge in [0.05, 0.1) is 0 Å². The van der Waals surface area contributed by atoms with E-state index in [1.807, 2.05) is 17.4 Å². The van der Waals surface area contributed by atoms with Crippen LogP contribution in [0, 0.1) is 6.92 Å². The molecule has 1 unspecified atom stereocenters. The highest BCUT2D eigenvalue weighted by Gasteiger charge is 2.09. The minimum atomic E-state index is 0.395. The summed E-state index contributed by atoms with van der Waals surface area (Å²) in [6, 6.07) is 12.6. The lowest BCUT2D eigenvalue weighted by Gasteiger charge is -2.16. The number of thiophene rings is 1. The molecule has 0 bridgehead atoms. The third kappa shape index (κ3) is 3.42. The van der Waals surface area contributed by atoms with Gasteiger partial charge in [-0.2, -0.15) is 0 Å². The summed E-state index contributed by atoms with van der Waals surface area (Å²) >= 11 is 1.81. The van der Waals surface area contributed by atoms with Crippen molar-refractivity contribution in [2.75, 3.05) is 13.1 Å². The molecule has 2 rings (SSSR count). The van der Waals surface area contributed by atoms with E-state index in [0.717, 1.165) is 13.1 Å². The first-order valence-electron chi connectivity index (χ1n) is 6.30. The average Bonchev–Trinajstić information content (AvgIpc) is 2.81. The van der Waals surface area contributed by atoms with E-state index in [1.165, 1.54) is 16.0 Å². The Labute approximate surface area is 113 Å². The van der Waals surface area contributed by atoms with Gasteiger partial charge in [-0.25, -0.2) is 0 Å². The van der Waals surface area contributed by atoms with Gasteiger partial charge < -0.3 is 11.1 Å². The van der Waals surface area contributed by atoms with Crippen LogP contribution in [0.1, 0.15) is 21.9 Å². The largest absolute Gasteiger partial charge is 0.330 e. The molecule has 0 aliphatic heterocycles. The van der Waals surface area contributed by atoms with Gasteiger partial charge in [-0.05, 0) is 29.5 Å². The second kappa shape index (κ2) is 6.69. The van der Waals surface area contributed by atoms with E-state index in [2.05, 4.69) is 48.0 Å². The van der Waals surface area contributed by atoms with Crippen LogP contribution < -0.4 is 11.1 Å². The molecule has 0 aliphatic carbocycles. The van der Waals surface area contributed by atoms with Crippen molar-refractivity contribution in [3.63, 3.8) is 0 Å². The van der Waals surface area contributed by atoms with Gasteiger partial charge in [0.2, 0.25) is 0 Å². The van der Waals surface area contributed by atoms with E-state index in [4.69, 9.17) is 5.73 Å². The smallest absolute Gasteiger partial charge is 0.0302 e. The fraction of sp³-hybridized carbons (Fsp3) is 0.333. The molecule has 3 N–H and O–H groups in total. The topological polar surface area (TPSA) is 38.0 Å². The number of hydrogen-bond donors (Lipinski definition) is 2. The van der Waals surface area contributed by atoms with E-state index in [0.29, 0.717) is 12.5 Å². The van der Waals surface area contributed by atoms with Gasteiger partial charge in [-0.15, -0.1) is 11.3 Å². The van der Waals surface area contributed by atoms with Crippen LogP contribution in [-0.4, -0.2) is 13.1 Å². The Kier molecular flexibility index (Phi) is 4.93. The molecule has 2 nitrogen and oxygen atoms in total. The van der Waals surface area contributed by atoms with Crippen LogP contribution in [0.5, 0.6) is 0 Å². The van der Waals surface area contributed by atoms with Crippen molar-refractivity contribution < 1.29 is 0 Å². The molecule has 18 heavy (non-hydrogen) atoms. The summed E-state index contributed by atoms with van der Waals surface area (Å²) in [7, 11) is 0. The zero-order valence-corrected chi connectivity index (χ0v) is 11.5. The first-order valence-corrected chi connectivity index (χ1v) is 7.18. The lowest BCUT2D eigenvalue weighted by molar-refractivity contribution is 0.591. The third-order valence-electron chi connectivity index (χ3n) is 3.20. The highest BCUT2D eigenvalue weighted by Crippen LogP contribution is 2.16. The van der Waals surface area contributed by atoms with Crippen molar-refractivity contribution in [1.82, 2.24) is 5.32 Å². The molecule has 1 aromatic carbocycles. The normalized spacial score (nSPS) is 12.6. The summed E-state index contributed by atoms with van der Waals surface area (Å²) in [5, 5.41) is 5.65. The van der Waals surface area contributed by atoms with E-state index >= 15 is 0 Å². The maximum absolute atomic E-state index is 5.86. The SMILES string of the molecule is Cc1ccsc1CNCC(CN)c1ccccc1. The van der Waals surface area contributed by atoms with Crippen LogP contribution in [0.2, 0.25) is 0 Å². The van der Waals surface area contributed by atoms with Gasteiger partial charge in [-0.1, -0.05) is 30.3 Å². The lowest BCUT2D eigenvalue weighted by atomic mass is 9.99. The van der Waals surface area contributed by atoms with Crippen LogP contribution in [0.3, 0.4) is 0 Å². The molecule has 2 aromatic rings. The second-order valence-corrected chi connectivity index (χ2v) is 5.50. The Morgan fingerprint density at radius 2 is 2.00 bits per heavy atom. The van der Waals surface area contributed by atoms with Crippen LogP contribution in [0.25, 0.3) is 0 Å². The average molecular weight is 260 g/mol. The fourth-order valence-electron chi connectivity index (χ4n) is 2.01. The van der Waals surface area contributed by atoms with Gasteiger partial charge in [0.1, 0.15) is 0 Å². The molecule has 0 spiro atoms.